The number of carboxylic acid groups (broad SMARTS) is 1. The fourth-order valence-corrected chi connectivity index (χ4v) is 5.43. The number of aromatic nitrogens is 1. The van der Waals surface area contributed by atoms with Crippen LogP contribution in [0.25, 0.3) is 21.9 Å². The van der Waals surface area contributed by atoms with Crippen LogP contribution in [0.4, 0.5) is 17.6 Å². The van der Waals surface area contributed by atoms with Crippen LogP contribution >= 0.6 is 0 Å². The van der Waals surface area contributed by atoms with Crippen molar-refractivity contribution in [3.05, 3.63) is 82.1 Å². The van der Waals surface area contributed by atoms with Crippen molar-refractivity contribution in [2.75, 3.05) is 19.6 Å². The summed E-state index contributed by atoms with van der Waals surface area (Å²) in [5, 5.41) is 12.8. The summed E-state index contributed by atoms with van der Waals surface area (Å²) in [4.78, 5) is 23.7. The number of para-hydroxylation sites is 1. The van der Waals surface area contributed by atoms with Gasteiger partial charge in [0.15, 0.2) is 0 Å². The highest BCUT2D eigenvalue weighted by Crippen LogP contribution is 2.35. The van der Waals surface area contributed by atoms with Crippen molar-refractivity contribution in [3.63, 3.8) is 0 Å². The molecule has 2 N–H and O–H groups in total. The number of rotatable bonds is 5. The molecule has 2 aromatic heterocycles. The Labute approximate surface area is 220 Å². The van der Waals surface area contributed by atoms with Crippen LogP contribution in [0.1, 0.15) is 30.1 Å². The van der Waals surface area contributed by atoms with Crippen molar-refractivity contribution in [1.29, 1.82) is 0 Å². The first kappa shape index (κ1) is 26.9. The molecule has 4 aromatic rings. The smallest absolute Gasteiger partial charge is 0.475 e. The molecule has 11 heteroatoms. The lowest BCUT2D eigenvalue weighted by Crippen LogP contribution is -2.43. The van der Waals surface area contributed by atoms with E-state index < -0.39 is 12.1 Å². The van der Waals surface area contributed by atoms with Crippen LogP contribution in [0.5, 0.6) is 0 Å². The number of nitrogens with one attached hydrogen (secondary N) is 1. The Bertz CT molecular complexity index is 1520. The number of likely N-dealkylation sites (tertiary alicyclic amines) is 1. The lowest BCUT2D eigenvalue weighted by atomic mass is 9.97. The monoisotopic (exact) mass is 545 g/mol. The Balaban J connectivity index is 0.000000392. The molecule has 2 aromatic carbocycles. The van der Waals surface area contributed by atoms with E-state index in [0.29, 0.717) is 18.2 Å². The van der Waals surface area contributed by atoms with Gasteiger partial charge in [-0.25, -0.2) is 9.18 Å². The molecule has 1 fully saturated rings. The van der Waals surface area contributed by atoms with Crippen molar-refractivity contribution in [1.82, 2.24) is 14.8 Å². The summed E-state index contributed by atoms with van der Waals surface area (Å²) in [5.74, 6) is -1.96. The third-order valence-electron chi connectivity index (χ3n) is 7.30. The molecule has 0 aliphatic carbocycles. The topological polar surface area (TPSA) is 87.7 Å². The number of pyridine rings is 1. The van der Waals surface area contributed by atoms with Gasteiger partial charge in [0.1, 0.15) is 17.2 Å². The number of piperidine rings is 1. The van der Waals surface area contributed by atoms with Crippen LogP contribution in [-0.2, 0) is 17.9 Å². The van der Waals surface area contributed by atoms with Crippen LogP contribution in [0.2, 0.25) is 0 Å². The Morgan fingerprint density at radius 1 is 1.05 bits per heavy atom. The van der Waals surface area contributed by atoms with Gasteiger partial charge in [-0.2, -0.15) is 13.2 Å². The van der Waals surface area contributed by atoms with Crippen LogP contribution in [0, 0.1) is 5.82 Å². The van der Waals surface area contributed by atoms with E-state index in [9.17, 15) is 22.4 Å². The molecule has 6 rings (SSSR count). The van der Waals surface area contributed by atoms with Crippen LogP contribution in [-0.4, -0.2) is 52.4 Å². The van der Waals surface area contributed by atoms with Gasteiger partial charge in [-0.05, 0) is 61.6 Å². The second-order valence-electron chi connectivity index (χ2n) is 9.89. The molecule has 0 saturated carbocycles. The van der Waals surface area contributed by atoms with E-state index in [4.69, 9.17) is 14.3 Å². The first-order valence-electron chi connectivity index (χ1n) is 12.7. The minimum atomic E-state index is -5.08. The average molecular weight is 546 g/mol. The van der Waals surface area contributed by atoms with E-state index in [1.165, 1.54) is 0 Å². The highest BCUT2D eigenvalue weighted by atomic mass is 19.4. The summed E-state index contributed by atoms with van der Waals surface area (Å²) in [6.45, 7) is 4.02. The number of carbonyl (C=O) groups is 1. The molecule has 0 unspecified atom stereocenters. The molecule has 2 aliphatic rings. The van der Waals surface area contributed by atoms with E-state index in [1.807, 2.05) is 18.2 Å². The Hall–Kier alpha value is -3.70. The SMILES string of the molecule is O=C(O)C(F)(F)F.O=c1ccc2ccc(F)c3c2n1C[C@H]3CN1CCC(NCc2cc3ccccc3o2)CC1. The van der Waals surface area contributed by atoms with Gasteiger partial charge in [0, 0.05) is 42.1 Å². The number of nitrogens with zero attached hydrogens (tertiary/aromatic N) is 2. The zero-order valence-corrected chi connectivity index (χ0v) is 20.9. The van der Waals surface area contributed by atoms with E-state index in [2.05, 4.69) is 22.3 Å². The minimum absolute atomic E-state index is 0.0221. The predicted octanol–water partition coefficient (Wildman–Crippen LogP) is 4.87. The number of furan rings is 1. The fraction of sp³-hybridized carbons (Fsp3) is 0.357. The van der Waals surface area contributed by atoms with Gasteiger partial charge in [-0.15, -0.1) is 0 Å². The number of hydrogen-bond acceptors (Lipinski definition) is 5. The predicted molar refractivity (Wildman–Crippen MR) is 137 cm³/mol. The van der Waals surface area contributed by atoms with Gasteiger partial charge in [0.25, 0.3) is 5.56 Å². The second kappa shape index (κ2) is 10.8. The zero-order valence-electron chi connectivity index (χ0n) is 20.9. The fourth-order valence-electron chi connectivity index (χ4n) is 5.43. The van der Waals surface area contributed by atoms with E-state index in [-0.39, 0.29) is 17.3 Å². The van der Waals surface area contributed by atoms with Crippen LogP contribution in [0.3, 0.4) is 0 Å². The third-order valence-corrected chi connectivity index (χ3v) is 7.30. The summed E-state index contributed by atoms with van der Waals surface area (Å²) < 4.78 is 54.1. The molecule has 1 atom stereocenters. The van der Waals surface area contributed by atoms with E-state index in [0.717, 1.165) is 66.7 Å². The second-order valence-corrected chi connectivity index (χ2v) is 9.89. The molecule has 0 radical (unpaired) electrons. The molecule has 0 amide bonds. The van der Waals surface area contributed by atoms with Gasteiger partial charge in [0.2, 0.25) is 0 Å². The highest BCUT2D eigenvalue weighted by Gasteiger charge is 2.38. The molecular weight excluding hydrogens is 518 g/mol. The number of aliphatic carboxylic acids is 1. The average Bonchev–Trinajstić information content (AvgIpc) is 3.50. The van der Waals surface area contributed by atoms with Gasteiger partial charge >= 0.3 is 12.1 Å². The summed E-state index contributed by atoms with van der Waals surface area (Å²) >= 11 is 0. The minimum Gasteiger partial charge on any atom is -0.475 e. The number of carboxylic acids is 1. The van der Waals surface area contributed by atoms with Crippen LogP contribution in [0.15, 0.2) is 63.8 Å². The van der Waals surface area contributed by atoms with E-state index >= 15 is 0 Å². The van der Waals surface area contributed by atoms with Gasteiger partial charge in [-0.3, -0.25) is 4.79 Å². The van der Waals surface area contributed by atoms with Gasteiger partial charge in [0.05, 0.1) is 12.1 Å². The first-order chi connectivity index (χ1) is 18.6. The van der Waals surface area contributed by atoms with Crippen molar-refractivity contribution in [2.45, 2.75) is 44.1 Å². The molecule has 206 valence electrons. The number of benzene rings is 2. The number of hydrogen-bond donors (Lipinski definition) is 2. The third kappa shape index (κ3) is 5.84. The largest absolute Gasteiger partial charge is 0.490 e. The van der Waals surface area contributed by atoms with Crippen molar-refractivity contribution in [2.24, 2.45) is 0 Å². The van der Waals surface area contributed by atoms with Crippen LogP contribution < -0.4 is 10.9 Å². The maximum Gasteiger partial charge on any atom is 0.490 e. The summed E-state index contributed by atoms with van der Waals surface area (Å²) in [5.41, 5.74) is 2.38. The van der Waals surface area contributed by atoms with Crippen molar-refractivity contribution in [3.8, 4) is 0 Å². The molecule has 7 nitrogen and oxygen atoms in total. The molecule has 0 bridgehead atoms. The van der Waals surface area contributed by atoms with E-state index in [1.54, 1.807) is 28.8 Å². The molecule has 4 heterocycles. The normalized spacial score (nSPS) is 17.9. The maximum absolute atomic E-state index is 14.7. The highest BCUT2D eigenvalue weighted by molar-refractivity contribution is 5.84. The van der Waals surface area contributed by atoms with Crippen molar-refractivity contribution < 1.29 is 31.9 Å². The lowest BCUT2D eigenvalue weighted by molar-refractivity contribution is -0.192. The lowest BCUT2D eigenvalue weighted by Gasteiger charge is -2.34. The standard InChI is InChI=1S/C26H26FN3O2.C2HF3O2/c27-22-7-5-17-6-8-24(31)30-16-19(25(22)26(17)30)15-29-11-9-20(10-12-29)28-14-21-13-18-3-1-2-4-23(18)32-21;3-2(4,5)1(6)7/h1-8,13,19-20,28H,9-12,14-16H2;(H,6,7)/t19-;/m1./s1. The molecule has 2 aliphatic heterocycles. The Kier molecular flexibility index (Phi) is 7.46. The molecule has 0 spiro atoms. The van der Waals surface area contributed by atoms with Crippen molar-refractivity contribution >= 4 is 27.8 Å². The molecule has 1 saturated heterocycles. The molecule has 39 heavy (non-hydrogen) atoms. The summed E-state index contributed by atoms with van der Waals surface area (Å²) in [6.07, 6.45) is -2.99. The number of fused-ring (bicyclic) bond motifs is 1. The Morgan fingerprint density at radius 3 is 2.44 bits per heavy atom. The Morgan fingerprint density at radius 2 is 1.74 bits per heavy atom. The number of halogens is 4. The van der Waals surface area contributed by atoms with Gasteiger partial charge in [-0.1, -0.05) is 18.2 Å². The maximum atomic E-state index is 14.7. The van der Waals surface area contributed by atoms with Gasteiger partial charge < -0.3 is 24.3 Å². The zero-order chi connectivity index (χ0) is 27.7. The summed E-state index contributed by atoms with van der Waals surface area (Å²) in [6, 6.07) is 17.3. The first-order valence-corrected chi connectivity index (χ1v) is 12.7. The summed E-state index contributed by atoms with van der Waals surface area (Å²) in [7, 11) is 0. The molecular formula is C28H27F4N3O4. The number of alkyl halides is 3. The quantitative estimate of drug-likeness (QED) is 0.348.